The number of hydrogen-bond acceptors (Lipinski definition) is 6. The van der Waals surface area contributed by atoms with E-state index in [-0.39, 0.29) is 0 Å². The van der Waals surface area contributed by atoms with E-state index in [0.717, 1.165) is 46.4 Å². The molecule has 1 heterocycles. The Balaban J connectivity index is 1.25. The van der Waals surface area contributed by atoms with Crippen molar-refractivity contribution in [1.29, 1.82) is 0 Å². The summed E-state index contributed by atoms with van der Waals surface area (Å²) in [7, 11) is 0. The number of nitrogens with one attached hydrogen (secondary N) is 1. The Morgan fingerprint density at radius 2 is 1.79 bits per heavy atom. The average Bonchev–Trinajstić information content (AvgIpc) is 3.32. The second kappa shape index (κ2) is 12.4. The predicted octanol–water partition coefficient (Wildman–Crippen LogP) is 6.47. The van der Waals surface area contributed by atoms with Crippen LogP contribution < -0.4 is 10.1 Å². The molecule has 0 unspecified atom stereocenters. The van der Waals surface area contributed by atoms with Gasteiger partial charge in [-0.2, -0.15) is 4.68 Å². The average molecular weight is 535 g/mol. The first-order chi connectivity index (χ1) is 16.6. The molecule has 10 heteroatoms. The zero-order valence-corrected chi connectivity index (χ0v) is 21.2. The van der Waals surface area contributed by atoms with Crippen molar-refractivity contribution in [1.82, 2.24) is 25.5 Å². The van der Waals surface area contributed by atoms with Gasteiger partial charge in [-0.1, -0.05) is 70.8 Å². The number of ether oxygens (including phenoxy) is 1. The van der Waals surface area contributed by atoms with Gasteiger partial charge in [-0.05, 0) is 71.4 Å². The fraction of sp³-hybridized carbons (Fsp3) is 0.208. The zero-order chi connectivity index (χ0) is 23.8. The van der Waals surface area contributed by atoms with Crippen molar-refractivity contribution in [2.24, 2.45) is 0 Å². The molecule has 34 heavy (non-hydrogen) atoms. The van der Waals surface area contributed by atoms with Crippen molar-refractivity contribution < 1.29 is 4.74 Å². The molecule has 4 aromatic rings. The molecule has 6 nitrogen and oxygen atoms in total. The SMILES string of the molecule is Clc1ccc(OCc2ccc(Cl)c(Cl)c2)c(CNCCCSc2nnnn2-c2ccccc2)c1. The number of rotatable bonds is 11. The van der Waals surface area contributed by atoms with Gasteiger partial charge in [0.1, 0.15) is 12.4 Å². The van der Waals surface area contributed by atoms with Crippen LogP contribution in [0.2, 0.25) is 15.1 Å². The number of tetrazole rings is 1. The molecule has 1 aromatic heterocycles. The van der Waals surface area contributed by atoms with Crippen LogP contribution in [-0.2, 0) is 13.2 Å². The van der Waals surface area contributed by atoms with Gasteiger partial charge in [0, 0.05) is 22.9 Å². The molecule has 0 fully saturated rings. The number of hydrogen-bond donors (Lipinski definition) is 1. The monoisotopic (exact) mass is 533 g/mol. The standard InChI is InChI=1S/C24H22Cl3N5OS/c25-19-8-10-23(33-16-17-7-9-21(26)22(27)13-17)18(14-19)15-28-11-4-12-34-24-29-30-31-32(24)20-5-2-1-3-6-20/h1-3,5-10,13-14,28H,4,11-12,15-16H2. The summed E-state index contributed by atoms with van der Waals surface area (Å²) in [5, 5.41) is 18.0. The topological polar surface area (TPSA) is 64.9 Å². The molecule has 3 aromatic carbocycles. The number of nitrogens with zero attached hydrogens (tertiary/aromatic N) is 4. The smallest absolute Gasteiger partial charge is 0.214 e. The second-order valence-electron chi connectivity index (χ2n) is 7.38. The van der Waals surface area contributed by atoms with Crippen molar-refractivity contribution >= 4 is 46.6 Å². The summed E-state index contributed by atoms with van der Waals surface area (Å²) in [6.07, 6.45) is 0.951. The quantitative estimate of drug-likeness (QED) is 0.176. The molecule has 0 aliphatic carbocycles. The largest absolute Gasteiger partial charge is 0.489 e. The van der Waals surface area contributed by atoms with Crippen LogP contribution in [0.5, 0.6) is 5.75 Å². The van der Waals surface area contributed by atoms with Crippen LogP contribution in [-0.4, -0.2) is 32.5 Å². The zero-order valence-electron chi connectivity index (χ0n) is 18.1. The van der Waals surface area contributed by atoms with E-state index in [2.05, 4.69) is 20.8 Å². The van der Waals surface area contributed by atoms with Crippen LogP contribution in [0.1, 0.15) is 17.5 Å². The van der Waals surface area contributed by atoms with E-state index in [1.807, 2.05) is 60.7 Å². The fourth-order valence-corrected chi connectivity index (χ4v) is 4.55. The summed E-state index contributed by atoms with van der Waals surface area (Å²) in [6, 6.07) is 21.0. The molecule has 0 radical (unpaired) electrons. The molecular formula is C24H22Cl3N5OS. The molecule has 0 bridgehead atoms. The first-order valence-corrected chi connectivity index (χ1v) is 12.7. The van der Waals surface area contributed by atoms with Gasteiger partial charge in [0.2, 0.25) is 5.16 Å². The third kappa shape index (κ3) is 6.87. The maximum absolute atomic E-state index is 6.22. The Morgan fingerprint density at radius 3 is 2.62 bits per heavy atom. The number of aromatic nitrogens is 4. The van der Waals surface area contributed by atoms with Crippen molar-refractivity contribution in [3.8, 4) is 11.4 Å². The van der Waals surface area contributed by atoms with Crippen molar-refractivity contribution in [2.75, 3.05) is 12.3 Å². The molecule has 1 N–H and O–H groups in total. The Morgan fingerprint density at radius 1 is 0.941 bits per heavy atom. The lowest BCUT2D eigenvalue weighted by molar-refractivity contribution is 0.302. The maximum atomic E-state index is 6.22. The summed E-state index contributed by atoms with van der Waals surface area (Å²) in [4.78, 5) is 0. The highest BCUT2D eigenvalue weighted by molar-refractivity contribution is 7.99. The van der Waals surface area contributed by atoms with Gasteiger partial charge in [0.05, 0.1) is 15.7 Å². The summed E-state index contributed by atoms with van der Waals surface area (Å²) in [5.41, 5.74) is 2.88. The highest BCUT2D eigenvalue weighted by Crippen LogP contribution is 2.26. The summed E-state index contributed by atoms with van der Waals surface area (Å²) >= 11 is 19.9. The molecule has 0 saturated carbocycles. The maximum Gasteiger partial charge on any atom is 0.214 e. The first-order valence-electron chi connectivity index (χ1n) is 10.6. The highest BCUT2D eigenvalue weighted by Gasteiger charge is 2.09. The van der Waals surface area contributed by atoms with E-state index < -0.39 is 0 Å². The van der Waals surface area contributed by atoms with E-state index in [4.69, 9.17) is 39.5 Å². The minimum absolute atomic E-state index is 0.387. The van der Waals surface area contributed by atoms with Gasteiger partial charge in [-0.15, -0.1) is 5.10 Å². The molecule has 4 rings (SSSR count). The number of benzene rings is 3. The van der Waals surface area contributed by atoms with Gasteiger partial charge in [0.25, 0.3) is 0 Å². The van der Waals surface area contributed by atoms with Gasteiger partial charge in [-0.25, -0.2) is 0 Å². The second-order valence-corrected chi connectivity index (χ2v) is 9.69. The Bertz CT molecular complexity index is 1220. The first kappa shape index (κ1) is 24.8. The molecule has 0 atom stereocenters. The van der Waals surface area contributed by atoms with Crippen molar-refractivity contribution in [2.45, 2.75) is 24.7 Å². The number of halogens is 3. The third-order valence-electron chi connectivity index (χ3n) is 4.89. The lowest BCUT2D eigenvalue weighted by atomic mass is 10.2. The normalized spacial score (nSPS) is 11.0. The minimum Gasteiger partial charge on any atom is -0.489 e. The summed E-state index contributed by atoms with van der Waals surface area (Å²) in [6.45, 7) is 1.86. The van der Waals surface area contributed by atoms with E-state index in [1.165, 1.54) is 0 Å². The van der Waals surface area contributed by atoms with E-state index in [9.17, 15) is 0 Å². The molecule has 0 aliphatic rings. The van der Waals surface area contributed by atoms with Crippen LogP contribution >= 0.6 is 46.6 Å². The Kier molecular flexibility index (Phi) is 9.07. The van der Waals surface area contributed by atoms with E-state index >= 15 is 0 Å². The Labute approximate surface area is 217 Å². The van der Waals surface area contributed by atoms with Gasteiger partial charge < -0.3 is 10.1 Å². The number of para-hydroxylation sites is 1. The van der Waals surface area contributed by atoms with Crippen LogP contribution in [0.15, 0.2) is 71.9 Å². The minimum atomic E-state index is 0.387. The van der Waals surface area contributed by atoms with Crippen LogP contribution in [0.25, 0.3) is 5.69 Å². The molecule has 0 aliphatic heterocycles. The van der Waals surface area contributed by atoms with Gasteiger partial charge in [-0.3, -0.25) is 0 Å². The van der Waals surface area contributed by atoms with Crippen LogP contribution in [0.4, 0.5) is 0 Å². The molecule has 0 saturated heterocycles. The third-order valence-corrected chi connectivity index (χ3v) is 6.87. The van der Waals surface area contributed by atoms with Crippen molar-refractivity contribution in [3.05, 3.63) is 92.9 Å². The lowest BCUT2D eigenvalue weighted by Crippen LogP contribution is -2.16. The summed E-state index contributed by atoms with van der Waals surface area (Å²) in [5.74, 6) is 1.66. The molecule has 176 valence electrons. The van der Waals surface area contributed by atoms with E-state index in [0.29, 0.717) is 28.2 Å². The molecule has 0 amide bonds. The van der Waals surface area contributed by atoms with Crippen molar-refractivity contribution in [3.63, 3.8) is 0 Å². The Hall–Kier alpha value is -2.29. The number of thioether (sulfide) groups is 1. The molecule has 0 spiro atoms. The lowest BCUT2D eigenvalue weighted by Gasteiger charge is -2.13. The fourth-order valence-electron chi connectivity index (χ4n) is 3.20. The summed E-state index contributed by atoms with van der Waals surface area (Å²) < 4.78 is 7.78. The van der Waals surface area contributed by atoms with Crippen LogP contribution in [0.3, 0.4) is 0 Å². The van der Waals surface area contributed by atoms with E-state index in [1.54, 1.807) is 22.5 Å². The molecular weight excluding hydrogens is 513 g/mol. The van der Waals surface area contributed by atoms with Gasteiger partial charge in [0.15, 0.2) is 0 Å². The highest BCUT2D eigenvalue weighted by atomic mass is 35.5. The van der Waals surface area contributed by atoms with Crippen LogP contribution in [0, 0.1) is 0 Å². The van der Waals surface area contributed by atoms with Gasteiger partial charge >= 0.3 is 0 Å². The predicted molar refractivity (Wildman–Crippen MR) is 138 cm³/mol.